The molecule has 0 spiro atoms. The number of nitro groups is 1. The van der Waals surface area contributed by atoms with Crippen LogP contribution in [-0.2, 0) is 10.0 Å². The molecule has 0 unspecified atom stereocenters. The highest BCUT2D eigenvalue weighted by Gasteiger charge is 2.32. The monoisotopic (exact) mass is 350 g/mol. The van der Waals surface area contributed by atoms with Gasteiger partial charge in [0, 0.05) is 12.6 Å². The molecule has 0 aliphatic carbocycles. The Morgan fingerprint density at radius 1 is 1.21 bits per heavy atom. The fourth-order valence-electron chi connectivity index (χ4n) is 2.41. The zero-order valence-electron chi connectivity index (χ0n) is 13.6. The van der Waals surface area contributed by atoms with E-state index in [1.807, 2.05) is 6.92 Å². The zero-order chi connectivity index (χ0) is 17.9. The number of benzene rings is 2. The van der Waals surface area contributed by atoms with Gasteiger partial charge in [-0.05, 0) is 37.6 Å². The topological polar surface area (TPSA) is 89.8 Å². The lowest BCUT2D eigenvalue weighted by Crippen LogP contribution is -2.31. The summed E-state index contributed by atoms with van der Waals surface area (Å²) in [4.78, 5) is 10.1. The number of hydrogen-bond donors (Lipinski definition) is 0. The lowest BCUT2D eigenvalue weighted by atomic mass is 10.2. The number of sulfonamides is 1. The Kier molecular flexibility index (Phi) is 5.08. The molecule has 0 aromatic heterocycles. The second-order valence-corrected chi connectivity index (χ2v) is 6.90. The summed E-state index contributed by atoms with van der Waals surface area (Å²) in [5.41, 5.74) is 0.739. The summed E-state index contributed by atoms with van der Waals surface area (Å²) in [5, 5.41) is 11.2. The Morgan fingerprint density at radius 2 is 1.88 bits per heavy atom. The molecule has 0 bridgehead atoms. The van der Waals surface area contributed by atoms with E-state index in [4.69, 9.17) is 4.74 Å². The number of ether oxygens (including phenoxy) is 1. The van der Waals surface area contributed by atoms with Crippen molar-refractivity contribution in [1.29, 1.82) is 0 Å². The first-order valence-electron chi connectivity index (χ1n) is 7.23. The predicted octanol–water partition coefficient (Wildman–Crippen LogP) is 3.13. The van der Waals surface area contributed by atoms with Crippen molar-refractivity contribution in [3.63, 3.8) is 0 Å². The molecule has 0 atom stereocenters. The minimum atomic E-state index is -4.12. The lowest BCUT2D eigenvalue weighted by molar-refractivity contribution is -0.387. The molecule has 0 N–H and O–H groups in total. The molecular weight excluding hydrogens is 332 g/mol. The van der Waals surface area contributed by atoms with E-state index in [2.05, 4.69) is 0 Å². The molecule has 2 aromatic rings. The van der Waals surface area contributed by atoms with E-state index in [1.54, 1.807) is 25.1 Å². The fraction of sp³-hybridized carbons (Fsp3) is 0.250. The minimum absolute atomic E-state index is 0.105. The first-order chi connectivity index (χ1) is 11.3. The second-order valence-electron chi connectivity index (χ2n) is 5.07. The summed E-state index contributed by atoms with van der Waals surface area (Å²) in [6.07, 6.45) is 0. The SMILES string of the molecule is CCN(c1cc(C)ccc1OC)S(=O)(=O)c1ccccc1[N+](=O)[O-]. The number of aryl methyl sites for hydroxylation is 1. The van der Waals surface area contributed by atoms with Crippen molar-refractivity contribution >= 4 is 21.4 Å². The summed E-state index contributed by atoms with van der Waals surface area (Å²) < 4.78 is 32.4. The van der Waals surface area contributed by atoms with Crippen LogP contribution in [0.2, 0.25) is 0 Å². The van der Waals surface area contributed by atoms with Crippen molar-refractivity contribution in [3.05, 3.63) is 58.1 Å². The molecule has 24 heavy (non-hydrogen) atoms. The van der Waals surface area contributed by atoms with E-state index in [0.717, 1.165) is 9.87 Å². The van der Waals surface area contributed by atoms with E-state index in [9.17, 15) is 18.5 Å². The number of methoxy groups -OCH3 is 1. The van der Waals surface area contributed by atoms with E-state index >= 15 is 0 Å². The van der Waals surface area contributed by atoms with Crippen LogP contribution < -0.4 is 9.04 Å². The van der Waals surface area contributed by atoms with Gasteiger partial charge in [0.05, 0.1) is 17.7 Å². The van der Waals surface area contributed by atoms with Crippen LogP contribution >= 0.6 is 0 Å². The van der Waals surface area contributed by atoms with Crippen LogP contribution in [-0.4, -0.2) is 27.0 Å². The molecule has 7 nitrogen and oxygen atoms in total. The number of hydrogen-bond acceptors (Lipinski definition) is 5. The molecule has 2 aromatic carbocycles. The second kappa shape index (κ2) is 6.88. The number of para-hydroxylation sites is 1. The molecule has 0 heterocycles. The quantitative estimate of drug-likeness (QED) is 0.590. The first kappa shape index (κ1) is 17.7. The molecule has 0 radical (unpaired) electrons. The molecule has 0 fully saturated rings. The zero-order valence-corrected chi connectivity index (χ0v) is 14.4. The third-order valence-corrected chi connectivity index (χ3v) is 5.46. The molecule has 128 valence electrons. The molecule has 0 aliphatic rings. The Hall–Kier alpha value is -2.61. The van der Waals surface area contributed by atoms with Gasteiger partial charge in [-0.1, -0.05) is 18.2 Å². The van der Waals surface area contributed by atoms with E-state index < -0.39 is 20.6 Å². The van der Waals surface area contributed by atoms with Gasteiger partial charge >= 0.3 is 0 Å². The minimum Gasteiger partial charge on any atom is -0.495 e. The first-order valence-corrected chi connectivity index (χ1v) is 8.67. The van der Waals surface area contributed by atoms with Crippen molar-refractivity contribution in [3.8, 4) is 5.75 Å². The Bertz CT molecular complexity index is 865. The molecule has 0 aliphatic heterocycles. The maximum atomic E-state index is 13.0. The summed E-state index contributed by atoms with van der Waals surface area (Å²) in [5.74, 6) is 0.379. The normalized spacial score (nSPS) is 11.1. The predicted molar refractivity (Wildman–Crippen MR) is 91.0 cm³/mol. The third-order valence-electron chi connectivity index (χ3n) is 3.52. The van der Waals surface area contributed by atoms with Crippen molar-refractivity contribution in [2.24, 2.45) is 0 Å². The number of nitrogens with zero attached hydrogens (tertiary/aromatic N) is 2. The van der Waals surface area contributed by atoms with Crippen molar-refractivity contribution in [1.82, 2.24) is 0 Å². The standard InChI is InChI=1S/C16H18N2O5S/c1-4-17(14-11-12(2)9-10-15(14)23-3)24(21,22)16-8-6-5-7-13(16)18(19)20/h5-11H,4H2,1-3H3. The van der Waals surface area contributed by atoms with Crippen LogP contribution in [0.1, 0.15) is 12.5 Å². The van der Waals surface area contributed by atoms with Crippen LogP contribution in [0.5, 0.6) is 5.75 Å². The maximum Gasteiger partial charge on any atom is 0.289 e. The van der Waals surface area contributed by atoms with Crippen LogP contribution in [0, 0.1) is 17.0 Å². The summed E-state index contributed by atoms with van der Waals surface area (Å²) >= 11 is 0. The van der Waals surface area contributed by atoms with Gasteiger partial charge in [-0.2, -0.15) is 0 Å². The van der Waals surface area contributed by atoms with Gasteiger partial charge in [0.1, 0.15) is 5.75 Å². The summed E-state index contributed by atoms with van der Waals surface area (Å²) in [6, 6.07) is 10.4. The highest BCUT2D eigenvalue weighted by Crippen LogP contribution is 2.35. The van der Waals surface area contributed by atoms with Crippen molar-refractivity contribution in [2.45, 2.75) is 18.7 Å². The van der Waals surface area contributed by atoms with E-state index in [1.165, 1.54) is 31.4 Å². The average molecular weight is 350 g/mol. The van der Waals surface area contributed by atoms with Gasteiger partial charge in [-0.25, -0.2) is 8.42 Å². The molecule has 0 saturated carbocycles. The Balaban J connectivity index is 2.67. The largest absolute Gasteiger partial charge is 0.495 e. The van der Waals surface area contributed by atoms with Crippen LogP contribution in [0.15, 0.2) is 47.4 Å². The molecule has 0 saturated heterocycles. The fourth-order valence-corrected chi connectivity index (χ4v) is 4.05. The van der Waals surface area contributed by atoms with Gasteiger partial charge < -0.3 is 4.74 Å². The Labute approximate surface area is 140 Å². The smallest absolute Gasteiger partial charge is 0.289 e. The molecule has 2 rings (SSSR count). The number of nitro benzene ring substituents is 1. The van der Waals surface area contributed by atoms with E-state index in [0.29, 0.717) is 11.4 Å². The summed E-state index contributed by atoms with van der Waals surface area (Å²) in [7, 11) is -2.67. The Morgan fingerprint density at radius 3 is 2.46 bits per heavy atom. The number of rotatable bonds is 6. The molecular formula is C16H18N2O5S. The molecule has 0 amide bonds. The third kappa shape index (κ3) is 3.18. The maximum absolute atomic E-state index is 13.0. The van der Waals surface area contributed by atoms with Crippen LogP contribution in [0.4, 0.5) is 11.4 Å². The van der Waals surface area contributed by atoms with Gasteiger partial charge in [-0.3, -0.25) is 14.4 Å². The van der Waals surface area contributed by atoms with Crippen LogP contribution in [0.3, 0.4) is 0 Å². The lowest BCUT2D eigenvalue weighted by Gasteiger charge is -2.25. The van der Waals surface area contributed by atoms with Gasteiger partial charge in [0.2, 0.25) is 0 Å². The van der Waals surface area contributed by atoms with Gasteiger partial charge in [-0.15, -0.1) is 0 Å². The van der Waals surface area contributed by atoms with Gasteiger partial charge in [0.15, 0.2) is 4.90 Å². The van der Waals surface area contributed by atoms with E-state index in [-0.39, 0.29) is 11.4 Å². The van der Waals surface area contributed by atoms with Gasteiger partial charge in [0.25, 0.3) is 15.7 Å². The van der Waals surface area contributed by atoms with Crippen LogP contribution in [0.25, 0.3) is 0 Å². The van der Waals surface area contributed by atoms with Crippen molar-refractivity contribution in [2.75, 3.05) is 18.0 Å². The average Bonchev–Trinajstić information content (AvgIpc) is 2.55. The highest BCUT2D eigenvalue weighted by atomic mass is 32.2. The number of anilines is 1. The highest BCUT2D eigenvalue weighted by molar-refractivity contribution is 7.93. The molecule has 8 heteroatoms. The van der Waals surface area contributed by atoms with Crippen molar-refractivity contribution < 1.29 is 18.1 Å². The summed E-state index contributed by atoms with van der Waals surface area (Å²) in [6.45, 7) is 3.59.